The number of hydrogen-bond donors (Lipinski definition) is 2. The zero-order valence-corrected chi connectivity index (χ0v) is 11.3. The highest BCUT2D eigenvalue weighted by atomic mass is 16.4. The highest BCUT2D eigenvalue weighted by molar-refractivity contribution is 5.81. The topological polar surface area (TPSA) is 86.9 Å². The smallest absolute Gasteiger partial charge is 0.325 e. The molecule has 3 N–H and O–H groups in total. The third-order valence-electron chi connectivity index (χ3n) is 4.12. The Balaban J connectivity index is 1.84. The van der Waals surface area contributed by atoms with Crippen LogP contribution in [0.15, 0.2) is 0 Å². The monoisotopic (exact) mass is 269 g/mol. The minimum atomic E-state index is -1.18. The number of carbonyl (C=O) groups is 2. The lowest BCUT2D eigenvalue weighted by molar-refractivity contribution is -0.143. The second-order valence-corrected chi connectivity index (χ2v) is 5.72. The van der Waals surface area contributed by atoms with E-state index in [2.05, 4.69) is 0 Å². The number of aliphatic carboxylic acids is 1. The molecule has 0 aliphatic carbocycles. The van der Waals surface area contributed by atoms with Gasteiger partial charge in [0.15, 0.2) is 0 Å². The van der Waals surface area contributed by atoms with Crippen LogP contribution in [0.5, 0.6) is 0 Å². The maximum atomic E-state index is 12.2. The third-order valence-corrected chi connectivity index (χ3v) is 4.12. The SMILES string of the molecule is NC1(C(=O)O)CCN(CC(=O)N2CCCCCC2)C1. The summed E-state index contributed by atoms with van der Waals surface area (Å²) in [5, 5.41) is 9.06. The van der Waals surface area contributed by atoms with Gasteiger partial charge in [0.25, 0.3) is 0 Å². The Morgan fingerprint density at radius 3 is 2.26 bits per heavy atom. The first-order valence-corrected chi connectivity index (χ1v) is 7.04. The van der Waals surface area contributed by atoms with Crippen molar-refractivity contribution in [1.29, 1.82) is 0 Å². The van der Waals surface area contributed by atoms with E-state index in [9.17, 15) is 9.59 Å². The van der Waals surface area contributed by atoms with Crippen molar-refractivity contribution in [2.75, 3.05) is 32.7 Å². The summed E-state index contributed by atoms with van der Waals surface area (Å²) in [7, 11) is 0. The number of amides is 1. The fourth-order valence-electron chi connectivity index (χ4n) is 2.84. The van der Waals surface area contributed by atoms with Crippen LogP contribution in [0.25, 0.3) is 0 Å². The van der Waals surface area contributed by atoms with E-state index in [0.717, 1.165) is 25.9 Å². The molecule has 1 atom stereocenters. The number of nitrogens with two attached hydrogens (primary N) is 1. The summed E-state index contributed by atoms with van der Waals surface area (Å²) in [5.41, 5.74) is 4.62. The van der Waals surface area contributed by atoms with E-state index < -0.39 is 11.5 Å². The van der Waals surface area contributed by atoms with Crippen molar-refractivity contribution in [2.45, 2.75) is 37.6 Å². The molecular formula is C13H23N3O3. The summed E-state index contributed by atoms with van der Waals surface area (Å²) in [5.74, 6) is -0.867. The number of carboxylic acid groups (broad SMARTS) is 1. The van der Waals surface area contributed by atoms with Gasteiger partial charge in [0.05, 0.1) is 6.54 Å². The molecule has 6 heteroatoms. The van der Waals surface area contributed by atoms with E-state index in [0.29, 0.717) is 19.5 Å². The van der Waals surface area contributed by atoms with Gasteiger partial charge in [0.2, 0.25) is 5.91 Å². The van der Waals surface area contributed by atoms with Gasteiger partial charge >= 0.3 is 5.97 Å². The maximum absolute atomic E-state index is 12.2. The lowest BCUT2D eigenvalue weighted by Gasteiger charge is -2.24. The fourth-order valence-corrected chi connectivity index (χ4v) is 2.84. The maximum Gasteiger partial charge on any atom is 0.325 e. The molecule has 2 fully saturated rings. The number of hydrogen-bond acceptors (Lipinski definition) is 4. The van der Waals surface area contributed by atoms with Crippen molar-refractivity contribution in [3.8, 4) is 0 Å². The molecule has 108 valence electrons. The van der Waals surface area contributed by atoms with Gasteiger partial charge < -0.3 is 15.7 Å². The summed E-state index contributed by atoms with van der Waals surface area (Å²) in [6.07, 6.45) is 4.94. The Morgan fingerprint density at radius 1 is 1.11 bits per heavy atom. The second-order valence-electron chi connectivity index (χ2n) is 5.72. The van der Waals surface area contributed by atoms with Crippen molar-refractivity contribution in [2.24, 2.45) is 5.73 Å². The van der Waals surface area contributed by atoms with Gasteiger partial charge in [-0.05, 0) is 19.3 Å². The van der Waals surface area contributed by atoms with Crippen LogP contribution in [0.1, 0.15) is 32.1 Å². The lowest BCUT2D eigenvalue weighted by Crippen LogP contribution is -2.51. The zero-order chi connectivity index (χ0) is 13.9. The Morgan fingerprint density at radius 2 is 1.74 bits per heavy atom. The molecule has 1 amide bonds. The molecular weight excluding hydrogens is 246 g/mol. The van der Waals surface area contributed by atoms with Crippen molar-refractivity contribution in [3.63, 3.8) is 0 Å². The second kappa shape index (κ2) is 5.88. The normalized spacial score (nSPS) is 29.2. The number of rotatable bonds is 3. The van der Waals surface area contributed by atoms with Crippen LogP contribution >= 0.6 is 0 Å². The van der Waals surface area contributed by atoms with Crippen LogP contribution in [0.2, 0.25) is 0 Å². The number of nitrogens with zero attached hydrogens (tertiary/aromatic N) is 2. The highest BCUT2D eigenvalue weighted by Crippen LogP contribution is 2.19. The minimum Gasteiger partial charge on any atom is -0.480 e. The van der Waals surface area contributed by atoms with Gasteiger partial charge in [0, 0.05) is 26.2 Å². The molecule has 0 saturated carbocycles. The minimum absolute atomic E-state index is 0.108. The van der Waals surface area contributed by atoms with Gasteiger partial charge in [-0.25, -0.2) is 0 Å². The predicted molar refractivity (Wildman–Crippen MR) is 70.7 cm³/mol. The van der Waals surface area contributed by atoms with E-state index in [-0.39, 0.29) is 12.5 Å². The molecule has 0 aromatic heterocycles. The number of carbonyl (C=O) groups excluding carboxylic acids is 1. The standard InChI is InChI=1S/C13H23N3O3/c14-13(12(18)19)5-8-15(10-13)9-11(17)16-6-3-1-2-4-7-16/h1-10,14H2,(H,18,19). The van der Waals surface area contributed by atoms with Crippen LogP contribution in [-0.2, 0) is 9.59 Å². The van der Waals surface area contributed by atoms with Crippen molar-refractivity contribution in [3.05, 3.63) is 0 Å². The van der Waals surface area contributed by atoms with Gasteiger partial charge in [-0.2, -0.15) is 0 Å². The summed E-state index contributed by atoms with van der Waals surface area (Å²) < 4.78 is 0. The quantitative estimate of drug-likeness (QED) is 0.745. The zero-order valence-electron chi connectivity index (χ0n) is 11.3. The van der Waals surface area contributed by atoms with Crippen molar-refractivity contribution >= 4 is 11.9 Å². The Hall–Kier alpha value is -1.14. The first-order valence-electron chi connectivity index (χ1n) is 7.04. The third kappa shape index (κ3) is 3.45. The van der Waals surface area contributed by atoms with Crippen LogP contribution in [0.4, 0.5) is 0 Å². The molecule has 2 rings (SSSR count). The van der Waals surface area contributed by atoms with Crippen LogP contribution in [0.3, 0.4) is 0 Å². The molecule has 2 heterocycles. The fraction of sp³-hybridized carbons (Fsp3) is 0.846. The van der Waals surface area contributed by atoms with Crippen molar-refractivity contribution in [1.82, 2.24) is 9.80 Å². The van der Waals surface area contributed by atoms with Crippen molar-refractivity contribution < 1.29 is 14.7 Å². The molecule has 2 aliphatic rings. The van der Waals surface area contributed by atoms with Gasteiger partial charge in [0.1, 0.15) is 5.54 Å². The molecule has 1 unspecified atom stereocenters. The molecule has 0 aromatic rings. The van der Waals surface area contributed by atoms with Crippen LogP contribution in [0, 0.1) is 0 Å². The summed E-state index contributed by atoms with van der Waals surface area (Å²) in [4.78, 5) is 27.0. The predicted octanol–water partition coefficient (Wildman–Crippen LogP) is -0.123. The average Bonchev–Trinajstić information content (AvgIpc) is 2.61. The number of carboxylic acids is 1. The highest BCUT2D eigenvalue weighted by Gasteiger charge is 2.41. The molecule has 2 saturated heterocycles. The number of likely N-dealkylation sites (tertiary alicyclic amines) is 2. The first kappa shape index (κ1) is 14.3. The summed E-state index contributed by atoms with van der Waals surface area (Å²) >= 11 is 0. The van der Waals surface area contributed by atoms with E-state index in [4.69, 9.17) is 10.8 Å². The van der Waals surface area contributed by atoms with Gasteiger partial charge in [-0.1, -0.05) is 12.8 Å². The summed E-state index contributed by atoms with van der Waals surface area (Å²) in [6, 6.07) is 0. The van der Waals surface area contributed by atoms with E-state index >= 15 is 0 Å². The lowest BCUT2D eigenvalue weighted by atomic mass is 10.0. The summed E-state index contributed by atoms with van der Waals surface area (Å²) in [6.45, 7) is 2.81. The largest absolute Gasteiger partial charge is 0.480 e. The molecule has 2 aliphatic heterocycles. The Bertz CT molecular complexity index is 353. The van der Waals surface area contributed by atoms with Gasteiger partial charge in [-0.3, -0.25) is 14.5 Å². The molecule has 0 bridgehead atoms. The van der Waals surface area contributed by atoms with Crippen LogP contribution in [-0.4, -0.2) is 65.0 Å². The Kier molecular flexibility index (Phi) is 4.42. The molecule has 0 spiro atoms. The van der Waals surface area contributed by atoms with Crippen LogP contribution < -0.4 is 5.73 Å². The average molecular weight is 269 g/mol. The first-order chi connectivity index (χ1) is 9.01. The molecule has 0 aromatic carbocycles. The van der Waals surface area contributed by atoms with E-state index in [1.54, 1.807) is 0 Å². The Labute approximate surface area is 113 Å². The van der Waals surface area contributed by atoms with E-state index in [1.807, 2.05) is 9.80 Å². The molecule has 19 heavy (non-hydrogen) atoms. The molecule has 6 nitrogen and oxygen atoms in total. The van der Waals surface area contributed by atoms with E-state index in [1.165, 1.54) is 12.8 Å². The molecule has 0 radical (unpaired) electrons. The van der Waals surface area contributed by atoms with Gasteiger partial charge in [-0.15, -0.1) is 0 Å².